The van der Waals surface area contributed by atoms with Crippen LogP contribution in [-0.2, 0) is 14.3 Å². The van der Waals surface area contributed by atoms with E-state index in [1.807, 2.05) is 33.8 Å². The number of carbonyl (C=O) groups is 2. The van der Waals surface area contributed by atoms with Crippen LogP contribution in [0.3, 0.4) is 0 Å². The lowest BCUT2D eigenvalue weighted by Gasteiger charge is -2.52. The van der Waals surface area contributed by atoms with Crippen LogP contribution in [0.1, 0.15) is 40.5 Å². The topological polar surface area (TPSA) is 43.4 Å². The van der Waals surface area contributed by atoms with Gasteiger partial charge in [-0.1, -0.05) is 30.7 Å². The second-order valence-electron chi connectivity index (χ2n) is 6.85. The molecule has 0 aromatic rings. The molecule has 0 aliphatic heterocycles. The molecule has 3 aliphatic rings. The Balaban J connectivity index is 2.35. The maximum atomic E-state index is 12.9. The number of fused-ring (bicyclic) bond motifs is 2. The molecule has 1 saturated carbocycles. The van der Waals surface area contributed by atoms with E-state index in [1.54, 1.807) is 0 Å². The summed E-state index contributed by atoms with van der Waals surface area (Å²) in [4.78, 5) is 24.9. The first-order valence-electron chi connectivity index (χ1n) is 7.20. The van der Waals surface area contributed by atoms with E-state index in [0.717, 1.165) is 6.42 Å². The second kappa shape index (κ2) is 4.87. The molecule has 0 amide bonds. The Morgan fingerprint density at radius 3 is 2.55 bits per heavy atom. The first-order chi connectivity index (χ1) is 9.25. The Morgan fingerprint density at radius 1 is 1.40 bits per heavy atom. The SMILES string of the molecule is COC(=O)[C@@]1(C)C[C@H]2C=C[C@@H]1C(=O)[C@]2(C)CC=C(C)C. The van der Waals surface area contributed by atoms with E-state index in [-0.39, 0.29) is 29.0 Å². The number of ketones is 1. The van der Waals surface area contributed by atoms with Crippen molar-refractivity contribution in [2.75, 3.05) is 7.11 Å². The van der Waals surface area contributed by atoms with Crippen LogP contribution in [0.15, 0.2) is 23.8 Å². The zero-order valence-electron chi connectivity index (χ0n) is 13.0. The molecule has 0 heterocycles. The van der Waals surface area contributed by atoms with Crippen molar-refractivity contribution in [3.8, 4) is 0 Å². The summed E-state index contributed by atoms with van der Waals surface area (Å²) in [5, 5.41) is 0. The molecule has 2 bridgehead atoms. The Kier molecular flexibility index (Phi) is 3.66. The van der Waals surface area contributed by atoms with Crippen LogP contribution >= 0.6 is 0 Å². The van der Waals surface area contributed by atoms with Gasteiger partial charge in [0.1, 0.15) is 5.78 Å². The predicted octanol–water partition coefficient (Wildman–Crippen LogP) is 3.30. The van der Waals surface area contributed by atoms with Gasteiger partial charge in [0.05, 0.1) is 18.4 Å². The van der Waals surface area contributed by atoms with Crippen LogP contribution in [0, 0.1) is 22.7 Å². The highest BCUT2D eigenvalue weighted by molar-refractivity contribution is 5.97. The maximum absolute atomic E-state index is 12.9. The lowest BCUT2D eigenvalue weighted by atomic mass is 9.49. The molecule has 0 saturated heterocycles. The highest BCUT2D eigenvalue weighted by atomic mass is 16.5. The number of ether oxygens (including phenoxy) is 1. The molecule has 3 nitrogen and oxygen atoms in total. The smallest absolute Gasteiger partial charge is 0.312 e. The third-order valence-corrected chi connectivity index (χ3v) is 5.12. The van der Waals surface area contributed by atoms with Gasteiger partial charge in [0, 0.05) is 5.41 Å². The number of carbonyl (C=O) groups excluding carboxylic acids is 2. The standard InChI is InChI=1S/C17H24O3/c1-11(2)8-9-16(3)12-6-7-13(14(16)18)17(4,10-12)15(19)20-5/h6-8,12-13H,9-10H2,1-5H3/t12-,13-,16-,17+/m1/s1. The fourth-order valence-electron chi connectivity index (χ4n) is 3.57. The normalized spacial score (nSPS) is 38.8. The summed E-state index contributed by atoms with van der Waals surface area (Å²) >= 11 is 0. The fraction of sp³-hybridized carbons (Fsp3) is 0.647. The van der Waals surface area contributed by atoms with Crippen molar-refractivity contribution >= 4 is 11.8 Å². The van der Waals surface area contributed by atoms with Crippen LogP contribution in [0.5, 0.6) is 0 Å². The minimum Gasteiger partial charge on any atom is -0.469 e. The van der Waals surface area contributed by atoms with Crippen LogP contribution < -0.4 is 0 Å². The average Bonchev–Trinajstić information content (AvgIpc) is 2.41. The first-order valence-corrected chi connectivity index (χ1v) is 7.20. The molecule has 3 rings (SSSR count). The monoisotopic (exact) mass is 276 g/mol. The van der Waals surface area contributed by atoms with Crippen molar-refractivity contribution < 1.29 is 14.3 Å². The Morgan fingerprint density at radius 2 is 2.05 bits per heavy atom. The minimum atomic E-state index is -0.699. The highest BCUT2D eigenvalue weighted by Gasteiger charge is 2.60. The van der Waals surface area contributed by atoms with Crippen molar-refractivity contribution in [2.24, 2.45) is 22.7 Å². The highest BCUT2D eigenvalue weighted by Crippen LogP contribution is 2.56. The third-order valence-electron chi connectivity index (χ3n) is 5.12. The number of esters is 1. The molecule has 0 N–H and O–H groups in total. The summed E-state index contributed by atoms with van der Waals surface area (Å²) in [5.41, 5.74) is 0.139. The summed E-state index contributed by atoms with van der Waals surface area (Å²) in [6, 6.07) is 0. The molecule has 0 spiro atoms. The molecule has 0 aromatic carbocycles. The van der Waals surface area contributed by atoms with Crippen molar-refractivity contribution in [1.29, 1.82) is 0 Å². The van der Waals surface area contributed by atoms with Crippen LogP contribution in [0.25, 0.3) is 0 Å². The van der Waals surface area contributed by atoms with Crippen molar-refractivity contribution in [3.63, 3.8) is 0 Å². The van der Waals surface area contributed by atoms with E-state index >= 15 is 0 Å². The predicted molar refractivity (Wildman–Crippen MR) is 78.0 cm³/mol. The molecule has 1 fully saturated rings. The third kappa shape index (κ3) is 2.04. The lowest BCUT2D eigenvalue weighted by Crippen LogP contribution is -2.56. The van der Waals surface area contributed by atoms with Gasteiger partial charge in [-0.25, -0.2) is 0 Å². The molecule has 0 aromatic heterocycles. The molecular weight excluding hydrogens is 252 g/mol. The number of allylic oxidation sites excluding steroid dienone is 4. The lowest BCUT2D eigenvalue weighted by molar-refractivity contribution is -0.167. The summed E-state index contributed by atoms with van der Waals surface area (Å²) in [6.45, 7) is 7.98. The number of methoxy groups -OCH3 is 1. The second-order valence-corrected chi connectivity index (χ2v) is 6.85. The molecular formula is C17H24O3. The molecule has 4 atom stereocenters. The quantitative estimate of drug-likeness (QED) is 0.587. The van der Waals surface area contributed by atoms with Gasteiger partial charge in [-0.3, -0.25) is 9.59 Å². The molecule has 3 heteroatoms. The van der Waals surface area contributed by atoms with Gasteiger partial charge in [0.15, 0.2) is 0 Å². The van der Waals surface area contributed by atoms with E-state index in [2.05, 4.69) is 12.2 Å². The van der Waals surface area contributed by atoms with Crippen LogP contribution in [0.4, 0.5) is 0 Å². The Labute approximate surface area is 121 Å². The zero-order valence-corrected chi connectivity index (χ0v) is 13.0. The average molecular weight is 276 g/mol. The van der Waals surface area contributed by atoms with Gasteiger partial charge >= 0.3 is 5.97 Å². The van der Waals surface area contributed by atoms with Crippen LogP contribution in [-0.4, -0.2) is 18.9 Å². The van der Waals surface area contributed by atoms with E-state index in [0.29, 0.717) is 6.42 Å². The Bertz CT molecular complexity index is 498. The van der Waals surface area contributed by atoms with Gasteiger partial charge in [0.25, 0.3) is 0 Å². The number of hydrogen-bond acceptors (Lipinski definition) is 3. The van der Waals surface area contributed by atoms with Gasteiger partial charge in [-0.15, -0.1) is 0 Å². The largest absolute Gasteiger partial charge is 0.469 e. The van der Waals surface area contributed by atoms with E-state index in [4.69, 9.17) is 4.74 Å². The van der Waals surface area contributed by atoms with Crippen molar-refractivity contribution in [3.05, 3.63) is 23.8 Å². The minimum absolute atomic E-state index is 0.111. The van der Waals surface area contributed by atoms with E-state index in [9.17, 15) is 9.59 Å². The number of hydrogen-bond donors (Lipinski definition) is 0. The fourth-order valence-corrected chi connectivity index (χ4v) is 3.57. The molecule has 0 unspecified atom stereocenters. The summed E-state index contributed by atoms with van der Waals surface area (Å²) in [6.07, 6.45) is 7.60. The summed E-state index contributed by atoms with van der Waals surface area (Å²) < 4.78 is 4.92. The van der Waals surface area contributed by atoms with Gasteiger partial charge in [-0.2, -0.15) is 0 Å². The molecule has 0 radical (unpaired) electrons. The summed E-state index contributed by atoms with van der Waals surface area (Å²) in [5.74, 6) is -0.327. The summed E-state index contributed by atoms with van der Waals surface area (Å²) in [7, 11) is 1.40. The van der Waals surface area contributed by atoms with Crippen LogP contribution in [0.2, 0.25) is 0 Å². The van der Waals surface area contributed by atoms with E-state index < -0.39 is 5.41 Å². The Hall–Kier alpha value is -1.38. The number of rotatable bonds is 3. The molecule has 20 heavy (non-hydrogen) atoms. The van der Waals surface area contributed by atoms with Crippen molar-refractivity contribution in [1.82, 2.24) is 0 Å². The number of Topliss-reactive ketones (excluding diaryl/α,β-unsaturated/α-hetero) is 1. The van der Waals surface area contributed by atoms with Gasteiger partial charge in [0.2, 0.25) is 0 Å². The maximum Gasteiger partial charge on any atom is 0.312 e. The molecule has 3 aliphatic carbocycles. The van der Waals surface area contributed by atoms with Gasteiger partial charge < -0.3 is 4.74 Å². The van der Waals surface area contributed by atoms with Crippen molar-refractivity contribution in [2.45, 2.75) is 40.5 Å². The molecule has 110 valence electrons. The zero-order chi connectivity index (χ0) is 15.1. The first kappa shape index (κ1) is 15.0. The van der Waals surface area contributed by atoms with Gasteiger partial charge in [-0.05, 0) is 39.5 Å². The van der Waals surface area contributed by atoms with E-state index in [1.165, 1.54) is 12.7 Å².